The zero-order valence-electron chi connectivity index (χ0n) is 23.7. The van der Waals surface area contributed by atoms with Gasteiger partial charge in [-0.25, -0.2) is 14.8 Å². The van der Waals surface area contributed by atoms with Crippen molar-refractivity contribution in [3.8, 4) is 17.1 Å². The van der Waals surface area contributed by atoms with E-state index in [1.165, 1.54) is 0 Å². The first kappa shape index (κ1) is 28.8. The summed E-state index contributed by atoms with van der Waals surface area (Å²) in [7, 11) is 2.15. The van der Waals surface area contributed by atoms with Crippen molar-refractivity contribution < 1.29 is 19.4 Å². The fourth-order valence-electron chi connectivity index (χ4n) is 5.68. The molecule has 2 aromatic heterocycles. The zero-order chi connectivity index (χ0) is 28.6. The van der Waals surface area contributed by atoms with Crippen molar-refractivity contribution in [3.05, 3.63) is 54.2 Å². The minimum atomic E-state index is -0.972. The molecule has 2 amide bonds. The Bertz CT molecular complexity index is 1320. The topological polar surface area (TPSA) is 120 Å². The largest absolute Gasteiger partial charge is 0.476 e. The fraction of sp³-hybridized carbons (Fsp3) is 0.484. The van der Waals surface area contributed by atoms with Crippen molar-refractivity contribution >= 4 is 22.9 Å². The normalized spacial score (nSPS) is 20.0. The van der Waals surface area contributed by atoms with Gasteiger partial charge in [-0.15, -0.1) is 0 Å². The Morgan fingerprint density at radius 2 is 1.68 bits per heavy atom. The lowest BCUT2D eigenvalue weighted by molar-refractivity contribution is 0.0942. The van der Waals surface area contributed by atoms with Crippen LogP contribution in [-0.2, 0) is 0 Å². The minimum absolute atomic E-state index is 0.115. The molecule has 41 heavy (non-hydrogen) atoms. The van der Waals surface area contributed by atoms with E-state index in [4.69, 9.17) is 14.8 Å². The van der Waals surface area contributed by atoms with Crippen LogP contribution in [0.5, 0.6) is 5.88 Å². The van der Waals surface area contributed by atoms with E-state index < -0.39 is 6.09 Å². The van der Waals surface area contributed by atoms with Crippen LogP contribution in [0.15, 0.2) is 48.7 Å². The van der Waals surface area contributed by atoms with E-state index in [9.17, 15) is 9.59 Å². The molecular formula is C31H40N6O4. The highest BCUT2D eigenvalue weighted by atomic mass is 16.5. The smallest absolute Gasteiger partial charge is 0.404 e. The van der Waals surface area contributed by atoms with Gasteiger partial charge in [0.25, 0.3) is 5.91 Å². The van der Waals surface area contributed by atoms with Crippen molar-refractivity contribution in [2.75, 3.05) is 59.5 Å². The molecular weight excluding hydrogens is 520 g/mol. The summed E-state index contributed by atoms with van der Waals surface area (Å²) in [6.45, 7) is 6.86. The lowest BCUT2D eigenvalue weighted by Gasteiger charge is -2.32. The SMILES string of the molecule is CN1CCN(CCOc2ccc(-c3cc(C(=O)NC[C@H]4CC[C@H](CNC(=O)O)CC4)c4ccccc4n3)cn2)CC1. The Labute approximate surface area is 241 Å². The van der Waals surface area contributed by atoms with Crippen LogP contribution in [0, 0.1) is 11.8 Å². The summed E-state index contributed by atoms with van der Waals surface area (Å²) in [6.07, 6.45) is 4.66. The predicted molar refractivity (Wildman–Crippen MR) is 158 cm³/mol. The quantitative estimate of drug-likeness (QED) is 0.343. The first-order valence-corrected chi connectivity index (χ1v) is 14.6. The number of ether oxygens (including phenoxy) is 1. The van der Waals surface area contributed by atoms with Gasteiger partial charge in [0.1, 0.15) is 6.61 Å². The molecule has 2 aliphatic rings. The number of rotatable bonds is 10. The highest BCUT2D eigenvalue weighted by Crippen LogP contribution is 2.29. The average Bonchev–Trinajstić information content (AvgIpc) is 3.00. The van der Waals surface area contributed by atoms with E-state index in [0.717, 1.165) is 74.9 Å². The van der Waals surface area contributed by atoms with E-state index in [1.807, 2.05) is 42.5 Å². The molecule has 0 atom stereocenters. The van der Waals surface area contributed by atoms with Crippen molar-refractivity contribution in [2.24, 2.45) is 11.8 Å². The predicted octanol–water partition coefficient (Wildman–Crippen LogP) is 3.73. The molecule has 5 rings (SSSR count). The van der Waals surface area contributed by atoms with Crippen LogP contribution in [0.2, 0.25) is 0 Å². The Balaban J connectivity index is 1.19. The van der Waals surface area contributed by atoms with Gasteiger partial charge in [-0.2, -0.15) is 0 Å². The number of aromatic nitrogens is 2. The maximum Gasteiger partial charge on any atom is 0.404 e. The van der Waals surface area contributed by atoms with Gasteiger partial charge < -0.3 is 25.4 Å². The van der Waals surface area contributed by atoms with Crippen molar-refractivity contribution in [1.82, 2.24) is 30.4 Å². The van der Waals surface area contributed by atoms with Gasteiger partial charge in [0.2, 0.25) is 5.88 Å². The molecule has 1 aliphatic carbocycles. The second-order valence-electron chi connectivity index (χ2n) is 11.2. The van der Waals surface area contributed by atoms with Crippen LogP contribution < -0.4 is 15.4 Å². The molecule has 0 bridgehead atoms. The van der Waals surface area contributed by atoms with Gasteiger partial charge in [0, 0.05) is 69.0 Å². The number of amides is 2. The Morgan fingerprint density at radius 3 is 2.37 bits per heavy atom. The van der Waals surface area contributed by atoms with E-state index in [-0.39, 0.29) is 5.91 Å². The summed E-state index contributed by atoms with van der Waals surface area (Å²) in [5.41, 5.74) is 2.87. The second kappa shape index (κ2) is 13.7. The van der Waals surface area contributed by atoms with E-state index in [0.29, 0.717) is 48.7 Å². The maximum atomic E-state index is 13.4. The molecule has 1 aliphatic heterocycles. The molecule has 3 heterocycles. The van der Waals surface area contributed by atoms with Gasteiger partial charge in [-0.3, -0.25) is 9.69 Å². The van der Waals surface area contributed by atoms with Crippen LogP contribution in [-0.4, -0.2) is 96.3 Å². The molecule has 10 nitrogen and oxygen atoms in total. The van der Waals surface area contributed by atoms with Crippen LogP contribution in [0.4, 0.5) is 4.79 Å². The van der Waals surface area contributed by atoms with Gasteiger partial charge in [0.05, 0.1) is 16.8 Å². The number of carbonyl (C=O) groups is 2. The number of pyridine rings is 2. The maximum absolute atomic E-state index is 13.4. The fourth-order valence-corrected chi connectivity index (χ4v) is 5.68. The molecule has 2 fully saturated rings. The first-order valence-electron chi connectivity index (χ1n) is 14.6. The zero-order valence-corrected chi connectivity index (χ0v) is 23.7. The van der Waals surface area contributed by atoms with E-state index in [2.05, 4.69) is 32.5 Å². The van der Waals surface area contributed by atoms with Crippen LogP contribution >= 0.6 is 0 Å². The monoisotopic (exact) mass is 560 g/mol. The van der Waals surface area contributed by atoms with Gasteiger partial charge in [0.15, 0.2) is 0 Å². The first-order chi connectivity index (χ1) is 19.9. The van der Waals surface area contributed by atoms with Crippen LogP contribution in [0.3, 0.4) is 0 Å². The van der Waals surface area contributed by atoms with Crippen LogP contribution in [0.25, 0.3) is 22.2 Å². The Morgan fingerprint density at radius 1 is 0.976 bits per heavy atom. The highest BCUT2D eigenvalue weighted by molar-refractivity contribution is 6.07. The summed E-state index contributed by atoms with van der Waals surface area (Å²) in [6, 6.07) is 13.3. The number of hydrogen-bond acceptors (Lipinski definition) is 7. The Kier molecular flexibility index (Phi) is 9.63. The van der Waals surface area contributed by atoms with E-state index in [1.54, 1.807) is 6.20 Å². The number of likely N-dealkylation sites (N-methyl/N-ethyl adjacent to an activating group) is 1. The van der Waals surface area contributed by atoms with Gasteiger partial charge >= 0.3 is 6.09 Å². The third kappa shape index (κ3) is 7.92. The van der Waals surface area contributed by atoms with Gasteiger partial charge in [-0.05, 0) is 62.8 Å². The standard InChI is InChI=1S/C31H40N6O4/c1-36-12-14-37(15-13-36)16-17-41-29-11-10-24(21-32-29)28-18-26(25-4-2-3-5-27(25)35-28)30(38)33-19-22-6-8-23(9-7-22)20-34-31(39)40/h2-5,10-11,18,21-23,34H,6-9,12-17,19-20H2,1H3,(H,33,38)(H,39,40)/t22-,23-. The summed E-state index contributed by atoms with van der Waals surface area (Å²) in [5, 5.41) is 15.3. The van der Waals surface area contributed by atoms with Crippen molar-refractivity contribution in [1.29, 1.82) is 0 Å². The lowest BCUT2D eigenvalue weighted by atomic mass is 9.82. The summed E-state index contributed by atoms with van der Waals surface area (Å²) < 4.78 is 5.90. The minimum Gasteiger partial charge on any atom is -0.476 e. The average molecular weight is 561 g/mol. The second-order valence-corrected chi connectivity index (χ2v) is 11.2. The molecule has 0 radical (unpaired) electrons. The third-order valence-corrected chi connectivity index (χ3v) is 8.31. The number of piperazine rings is 1. The molecule has 1 aromatic carbocycles. The number of carboxylic acid groups (broad SMARTS) is 1. The van der Waals surface area contributed by atoms with Crippen LogP contribution in [0.1, 0.15) is 36.0 Å². The molecule has 0 spiro atoms. The van der Waals surface area contributed by atoms with E-state index >= 15 is 0 Å². The molecule has 218 valence electrons. The summed E-state index contributed by atoms with van der Waals surface area (Å²) >= 11 is 0. The molecule has 0 unspecified atom stereocenters. The number of para-hydroxylation sites is 1. The van der Waals surface area contributed by atoms with Crippen molar-refractivity contribution in [2.45, 2.75) is 25.7 Å². The lowest BCUT2D eigenvalue weighted by Crippen LogP contribution is -2.45. The number of nitrogens with one attached hydrogen (secondary N) is 2. The molecule has 1 saturated heterocycles. The number of fused-ring (bicyclic) bond motifs is 1. The highest BCUT2D eigenvalue weighted by Gasteiger charge is 2.23. The molecule has 10 heteroatoms. The Hall–Kier alpha value is -3.76. The van der Waals surface area contributed by atoms with Crippen molar-refractivity contribution in [3.63, 3.8) is 0 Å². The summed E-state index contributed by atoms with van der Waals surface area (Å²) in [4.78, 5) is 38.2. The molecule has 1 saturated carbocycles. The number of hydrogen-bond donors (Lipinski definition) is 3. The molecule has 3 N–H and O–H groups in total. The number of carbonyl (C=O) groups excluding carboxylic acids is 1. The number of benzene rings is 1. The third-order valence-electron chi connectivity index (χ3n) is 8.31. The van der Waals surface area contributed by atoms with Gasteiger partial charge in [-0.1, -0.05) is 18.2 Å². The summed E-state index contributed by atoms with van der Waals surface area (Å²) in [5.74, 6) is 1.22. The molecule has 3 aromatic rings. The number of nitrogens with zero attached hydrogens (tertiary/aromatic N) is 4.